The molecule has 5 heteroatoms. The lowest BCUT2D eigenvalue weighted by atomic mass is 10.2. The van der Waals surface area contributed by atoms with Gasteiger partial charge in [0.2, 0.25) is 0 Å². The van der Waals surface area contributed by atoms with Gasteiger partial charge < -0.3 is 9.84 Å². The molecule has 0 amide bonds. The van der Waals surface area contributed by atoms with Crippen molar-refractivity contribution in [2.24, 2.45) is 0 Å². The Bertz CT molecular complexity index is 417. The molecular formula is C13H18O4S. The van der Waals surface area contributed by atoms with E-state index >= 15 is 0 Å². The van der Waals surface area contributed by atoms with Gasteiger partial charge in [-0.3, -0.25) is 4.21 Å². The second-order valence-electron chi connectivity index (χ2n) is 3.85. The second-order valence-corrected chi connectivity index (χ2v) is 5.55. The number of aromatic carboxylic acids is 1. The number of benzene rings is 1. The standard InChI is InChI=1S/C13H18O4S/c1-2-3-9-18(16)10-8-17-12-7-5-4-6-11(12)13(14)15/h4-7H,2-3,8-10H2,1H3,(H,14,15). The molecule has 0 heterocycles. The van der Waals surface area contributed by atoms with Gasteiger partial charge in [-0.15, -0.1) is 0 Å². The van der Waals surface area contributed by atoms with Gasteiger partial charge in [0.1, 0.15) is 11.3 Å². The van der Waals surface area contributed by atoms with E-state index in [0.29, 0.717) is 17.3 Å². The molecule has 0 aliphatic rings. The SMILES string of the molecule is CCCCS(=O)CCOc1ccccc1C(=O)O. The molecule has 0 aliphatic carbocycles. The van der Waals surface area contributed by atoms with E-state index in [1.54, 1.807) is 18.2 Å². The third-order valence-electron chi connectivity index (χ3n) is 2.41. The molecule has 1 aromatic rings. The average molecular weight is 270 g/mol. The monoisotopic (exact) mass is 270 g/mol. The minimum atomic E-state index is -1.02. The van der Waals surface area contributed by atoms with Crippen molar-refractivity contribution in [3.63, 3.8) is 0 Å². The summed E-state index contributed by atoms with van der Waals surface area (Å²) in [5, 5.41) is 8.95. The quantitative estimate of drug-likeness (QED) is 0.787. The van der Waals surface area contributed by atoms with Gasteiger partial charge in [0, 0.05) is 16.6 Å². The molecule has 100 valence electrons. The lowest BCUT2D eigenvalue weighted by molar-refractivity contribution is 0.0692. The van der Waals surface area contributed by atoms with Crippen LogP contribution >= 0.6 is 0 Å². The number of hydrogen-bond donors (Lipinski definition) is 1. The van der Waals surface area contributed by atoms with Crippen molar-refractivity contribution < 1.29 is 18.8 Å². The van der Waals surface area contributed by atoms with Gasteiger partial charge in [0.25, 0.3) is 0 Å². The van der Waals surface area contributed by atoms with Crippen LogP contribution in [0, 0.1) is 0 Å². The zero-order valence-corrected chi connectivity index (χ0v) is 11.2. The number of rotatable bonds is 8. The number of para-hydroxylation sites is 1. The second kappa shape index (κ2) is 7.87. The molecule has 1 aromatic carbocycles. The number of carboxylic acids is 1. The summed E-state index contributed by atoms with van der Waals surface area (Å²) < 4.78 is 16.9. The van der Waals surface area contributed by atoms with Crippen LogP contribution in [0.2, 0.25) is 0 Å². The Morgan fingerprint density at radius 1 is 1.33 bits per heavy atom. The van der Waals surface area contributed by atoms with Gasteiger partial charge in [-0.1, -0.05) is 25.5 Å². The van der Waals surface area contributed by atoms with Crippen LogP contribution in [0.25, 0.3) is 0 Å². The molecule has 18 heavy (non-hydrogen) atoms. The van der Waals surface area contributed by atoms with Crippen LogP contribution in [-0.4, -0.2) is 33.4 Å². The minimum absolute atomic E-state index is 0.136. The highest BCUT2D eigenvalue weighted by Gasteiger charge is 2.10. The third-order valence-corrected chi connectivity index (χ3v) is 3.78. The number of carboxylic acid groups (broad SMARTS) is 1. The summed E-state index contributed by atoms with van der Waals surface area (Å²) in [6.07, 6.45) is 1.97. The molecule has 0 bridgehead atoms. The summed E-state index contributed by atoms with van der Waals surface area (Å²) in [5.41, 5.74) is 0.136. The Balaban J connectivity index is 2.44. The van der Waals surface area contributed by atoms with Gasteiger partial charge in [-0.2, -0.15) is 0 Å². The van der Waals surface area contributed by atoms with E-state index in [1.807, 2.05) is 0 Å². The average Bonchev–Trinajstić information content (AvgIpc) is 2.36. The molecular weight excluding hydrogens is 252 g/mol. The minimum Gasteiger partial charge on any atom is -0.492 e. The lowest BCUT2D eigenvalue weighted by Crippen LogP contribution is -2.12. The molecule has 1 rings (SSSR count). The highest BCUT2D eigenvalue weighted by Crippen LogP contribution is 2.17. The maximum absolute atomic E-state index is 11.5. The summed E-state index contributed by atoms with van der Waals surface area (Å²) in [6, 6.07) is 6.47. The van der Waals surface area contributed by atoms with E-state index in [2.05, 4.69) is 6.92 Å². The summed E-state index contributed by atoms with van der Waals surface area (Å²) in [7, 11) is -0.883. The van der Waals surface area contributed by atoms with Crippen LogP contribution in [-0.2, 0) is 10.8 Å². The number of ether oxygens (including phenoxy) is 1. The van der Waals surface area contributed by atoms with Gasteiger partial charge in [-0.05, 0) is 18.6 Å². The van der Waals surface area contributed by atoms with Crippen molar-refractivity contribution >= 4 is 16.8 Å². The Kier molecular flexibility index (Phi) is 6.43. The van der Waals surface area contributed by atoms with Crippen LogP contribution < -0.4 is 4.74 Å². The van der Waals surface area contributed by atoms with Crippen molar-refractivity contribution in [1.82, 2.24) is 0 Å². The largest absolute Gasteiger partial charge is 0.492 e. The Hall–Kier alpha value is -1.36. The van der Waals surface area contributed by atoms with Crippen LogP contribution in [0.5, 0.6) is 5.75 Å². The van der Waals surface area contributed by atoms with Gasteiger partial charge >= 0.3 is 5.97 Å². The van der Waals surface area contributed by atoms with E-state index in [0.717, 1.165) is 12.8 Å². The highest BCUT2D eigenvalue weighted by molar-refractivity contribution is 7.84. The molecule has 1 N–H and O–H groups in total. The van der Waals surface area contributed by atoms with E-state index in [9.17, 15) is 9.00 Å². The lowest BCUT2D eigenvalue weighted by Gasteiger charge is -2.08. The summed E-state index contributed by atoms with van der Waals surface area (Å²) >= 11 is 0. The zero-order chi connectivity index (χ0) is 13.4. The van der Waals surface area contributed by atoms with Crippen molar-refractivity contribution in [2.75, 3.05) is 18.1 Å². The maximum atomic E-state index is 11.5. The predicted octanol–water partition coefficient (Wildman–Crippen LogP) is 2.31. The first-order valence-corrected chi connectivity index (χ1v) is 7.44. The molecule has 0 aliphatic heterocycles. The van der Waals surface area contributed by atoms with E-state index in [-0.39, 0.29) is 12.2 Å². The highest BCUT2D eigenvalue weighted by atomic mass is 32.2. The van der Waals surface area contributed by atoms with Crippen molar-refractivity contribution in [1.29, 1.82) is 0 Å². The molecule has 0 saturated heterocycles. The molecule has 1 unspecified atom stereocenters. The van der Waals surface area contributed by atoms with Crippen LogP contribution in [0.1, 0.15) is 30.1 Å². The maximum Gasteiger partial charge on any atom is 0.339 e. The molecule has 0 radical (unpaired) electrons. The van der Waals surface area contributed by atoms with Gasteiger partial charge in [0.15, 0.2) is 0 Å². The Morgan fingerprint density at radius 3 is 2.72 bits per heavy atom. The summed E-state index contributed by atoms with van der Waals surface area (Å²) in [4.78, 5) is 10.9. The number of hydrogen-bond acceptors (Lipinski definition) is 3. The predicted molar refractivity (Wildman–Crippen MR) is 71.7 cm³/mol. The molecule has 0 saturated carbocycles. The zero-order valence-electron chi connectivity index (χ0n) is 10.4. The van der Waals surface area contributed by atoms with Crippen molar-refractivity contribution in [3.8, 4) is 5.75 Å². The molecule has 0 spiro atoms. The molecule has 1 atom stereocenters. The van der Waals surface area contributed by atoms with Crippen LogP contribution in [0.15, 0.2) is 24.3 Å². The molecule has 4 nitrogen and oxygen atoms in total. The number of carbonyl (C=O) groups is 1. The fourth-order valence-electron chi connectivity index (χ4n) is 1.42. The first-order valence-electron chi connectivity index (χ1n) is 5.95. The van der Waals surface area contributed by atoms with Crippen LogP contribution in [0.4, 0.5) is 0 Å². The van der Waals surface area contributed by atoms with Crippen LogP contribution in [0.3, 0.4) is 0 Å². The smallest absolute Gasteiger partial charge is 0.339 e. The fourth-order valence-corrected chi connectivity index (χ4v) is 2.51. The van der Waals surface area contributed by atoms with Gasteiger partial charge in [-0.25, -0.2) is 4.79 Å². The topological polar surface area (TPSA) is 63.6 Å². The van der Waals surface area contributed by atoms with Gasteiger partial charge in [0.05, 0.1) is 12.4 Å². The summed E-state index contributed by atoms with van der Waals surface area (Å²) in [5.74, 6) is 0.434. The fraction of sp³-hybridized carbons (Fsp3) is 0.462. The van der Waals surface area contributed by atoms with E-state index in [1.165, 1.54) is 6.07 Å². The van der Waals surface area contributed by atoms with Crippen molar-refractivity contribution in [2.45, 2.75) is 19.8 Å². The normalized spacial score (nSPS) is 12.1. The molecule has 0 fully saturated rings. The first-order chi connectivity index (χ1) is 8.65. The van der Waals surface area contributed by atoms with E-state index < -0.39 is 16.8 Å². The third kappa shape index (κ3) is 4.87. The van der Waals surface area contributed by atoms with E-state index in [4.69, 9.17) is 9.84 Å². The Morgan fingerprint density at radius 2 is 2.06 bits per heavy atom. The summed E-state index contributed by atoms with van der Waals surface area (Å²) in [6.45, 7) is 2.33. The molecule has 0 aromatic heterocycles. The number of unbranched alkanes of at least 4 members (excludes halogenated alkanes) is 1. The Labute approximate surface area is 109 Å². The first kappa shape index (κ1) is 14.7. The van der Waals surface area contributed by atoms with Crippen molar-refractivity contribution in [3.05, 3.63) is 29.8 Å².